The van der Waals surface area contributed by atoms with E-state index in [1.807, 2.05) is 19.9 Å². The molecule has 0 bridgehead atoms. The molecule has 1 atom stereocenters. The average Bonchev–Trinajstić information content (AvgIpc) is 2.01. The van der Waals surface area contributed by atoms with E-state index in [9.17, 15) is 5.11 Å². The molecule has 0 aliphatic carbocycles. The molecule has 0 aromatic heterocycles. The van der Waals surface area contributed by atoms with Crippen molar-refractivity contribution < 1.29 is 5.11 Å². The number of hydrogen-bond acceptors (Lipinski definition) is 1. The Balaban J connectivity index is 3.01. The van der Waals surface area contributed by atoms with Crippen LogP contribution in [0.15, 0.2) is 22.7 Å². The van der Waals surface area contributed by atoms with Crippen molar-refractivity contribution in [3.63, 3.8) is 0 Å². The lowest BCUT2D eigenvalue weighted by Gasteiger charge is -2.15. The van der Waals surface area contributed by atoms with Gasteiger partial charge in [0, 0.05) is 9.50 Å². The van der Waals surface area contributed by atoms with E-state index in [0.717, 1.165) is 10.0 Å². The van der Waals surface area contributed by atoms with Crippen LogP contribution in [-0.4, -0.2) is 5.11 Å². The van der Waals surface area contributed by atoms with E-state index < -0.39 is 6.10 Å². The van der Waals surface area contributed by atoms with E-state index in [1.165, 1.54) is 0 Å². The number of hydrogen-bond donors (Lipinski definition) is 1. The van der Waals surface area contributed by atoms with Crippen LogP contribution in [0.1, 0.15) is 25.5 Å². The Labute approximate surface area is 91.9 Å². The molecule has 0 fully saturated rings. The fourth-order valence-electron chi connectivity index (χ4n) is 1.13. The Morgan fingerprint density at radius 2 is 1.92 bits per heavy atom. The van der Waals surface area contributed by atoms with Crippen molar-refractivity contribution in [3.05, 3.63) is 33.3 Å². The molecule has 0 heterocycles. The van der Waals surface area contributed by atoms with Gasteiger partial charge >= 0.3 is 0 Å². The lowest BCUT2D eigenvalue weighted by molar-refractivity contribution is 0.127. The van der Waals surface area contributed by atoms with Gasteiger partial charge in [0.1, 0.15) is 0 Å². The molecular formula is C10H12BrClO. The number of benzene rings is 1. The highest BCUT2D eigenvalue weighted by Gasteiger charge is 2.12. The summed E-state index contributed by atoms with van der Waals surface area (Å²) < 4.78 is 0.898. The summed E-state index contributed by atoms with van der Waals surface area (Å²) in [6.07, 6.45) is -0.449. The van der Waals surface area contributed by atoms with Gasteiger partial charge in [-0.25, -0.2) is 0 Å². The van der Waals surface area contributed by atoms with Gasteiger partial charge in [0.15, 0.2) is 0 Å². The zero-order valence-corrected chi connectivity index (χ0v) is 9.93. The molecule has 1 nitrogen and oxygen atoms in total. The zero-order valence-electron chi connectivity index (χ0n) is 7.59. The van der Waals surface area contributed by atoms with Gasteiger partial charge < -0.3 is 5.11 Å². The maximum absolute atomic E-state index is 9.77. The van der Waals surface area contributed by atoms with Crippen molar-refractivity contribution in [1.82, 2.24) is 0 Å². The lowest BCUT2D eigenvalue weighted by Crippen LogP contribution is -2.05. The average molecular weight is 264 g/mol. The second-order valence-corrected chi connectivity index (χ2v) is 4.74. The minimum absolute atomic E-state index is 0.199. The maximum Gasteiger partial charge on any atom is 0.0813 e. The van der Waals surface area contributed by atoms with Gasteiger partial charge in [-0.3, -0.25) is 0 Å². The van der Waals surface area contributed by atoms with Crippen LogP contribution in [0.2, 0.25) is 5.02 Å². The topological polar surface area (TPSA) is 20.2 Å². The molecule has 0 aliphatic rings. The molecule has 13 heavy (non-hydrogen) atoms. The van der Waals surface area contributed by atoms with Crippen molar-refractivity contribution in [1.29, 1.82) is 0 Å². The van der Waals surface area contributed by atoms with Crippen molar-refractivity contribution in [2.24, 2.45) is 5.92 Å². The summed E-state index contributed by atoms with van der Waals surface area (Å²) in [7, 11) is 0. The zero-order chi connectivity index (χ0) is 10.0. The summed E-state index contributed by atoms with van der Waals surface area (Å²) in [6.45, 7) is 3.94. The summed E-state index contributed by atoms with van der Waals surface area (Å²) >= 11 is 9.19. The quantitative estimate of drug-likeness (QED) is 0.861. The van der Waals surface area contributed by atoms with Gasteiger partial charge in [-0.1, -0.05) is 41.4 Å². The molecule has 1 aromatic rings. The molecule has 1 rings (SSSR count). The van der Waals surface area contributed by atoms with Crippen molar-refractivity contribution >= 4 is 27.5 Å². The Morgan fingerprint density at radius 3 is 2.38 bits per heavy atom. The molecule has 0 radical (unpaired) electrons. The monoisotopic (exact) mass is 262 g/mol. The molecule has 0 amide bonds. The minimum atomic E-state index is -0.449. The molecule has 1 aromatic carbocycles. The van der Waals surface area contributed by atoms with Crippen LogP contribution in [0.5, 0.6) is 0 Å². The number of aliphatic hydroxyl groups excluding tert-OH is 1. The Morgan fingerprint density at radius 1 is 1.31 bits per heavy atom. The Bertz CT molecular complexity index is 279. The van der Waals surface area contributed by atoms with E-state index in [4.69, 9.17) is 11.6 Å². The first-order valence-electron chi connectivity index (χ1n) is 4.14. The molecule has 0 spiro atoms. The van der Waals surface area contributed by atoms with Crippen molar-refractivity contribution in [2.75, 3.05) is 0 Å². The standard InChI is InChI=1S/C10H12BrClO/c1-6(2)10(13)7-3-8(11)5-9(12)4-7/h3-6,10,13H,1-2H3. The maximum atomic E-state index is 9.77. The molecule has 3 heteroatoms. The highest BCUT2D eigenvalue weighted by molar-refractivity contribution is 9.10. The largest absolute Gasteiger partial charge is 0.388 e. The molecule has 0 saturated carbocycles. The predicted octanol–water partition coefficient (Wildman–Crippen LogP) is 3.79. The second kappa shape index (κ2) is 4.45. The van der Waals surface area contributed by atoms with Crippen LogP contribution >= 0.6 is 27.5 Å². The SMILES string of the molecule is CC(C)C(O)c1cc(Cl)cc(Br)c1. The second-order valence-electron chi connectivity index (χ2n) is 3.39. The summed E-state index contributed by atoms with van der Waals surface area (Å²) in [5, 5.41) is 10.4. The lowest BCUT2D eigenvalue weighted by atomic mass is 9.99. The van der Waals surface area contributed by atoms with Gasteiger partial charge in [-0.05, 0) is 29.7 Å². The van der Waals surface area contributed by atoms with E-state index in [1.54, 1.807) is 12.1 Å². The fraction of sp³-hybridized carbons (Fsp3) is 0.400. The Kier molecular flexibility index (Phi) is 3.77. The molecule has 72 valence electrons. The van der Waals surface area contributed by atoms with Gasteiger partial charge in [-0.15, -0.1) is 0 Å². The van der Waals surface area contributed by atoms with Crippen LogP contribution in [0.3, 0.4) is 0 Å². The van der Waals surface area contributed by atoms with Gasteiger partial charge in [0.25, 0.3) is 0 Å². The fourth-order valence-corrected chi connectivity index (χ4v) is 2.02. The van der Waals surface area contributed by atoms with Crippen LogP contribution in [0.25, 0.3) is 0 Å². The van der Waals surface area contributed by atoms with E-state index in [2.05, 4.69) is 15.9 Å². The molecular weight excluding hydrogens is 251 g/mol. The van der Waals surface area contributed by atoms with Crippen molar-refractivity contribution in [3.8, 4) is 0 Å². The summed E-state index contributed by atoms with van der Waals surface area (Å²) in [4.78, 5) is 0. The van der Waals surface area contributed by atoms with Gasteiger partial charge in [0.05, 0.1) is 6.10 Å². The third-order valence-corrected chi connectivity index (χ3v) is 2.53. The third kappa shape index (κ3) is 2.97. The highest BCUT2D eigenvalue weighted by atomic mass is 79.9. The van der Waals surface area contributed by atoms with Crippen LogP contribution < -0.4 is 0 Å². The first-order chi connectivity index (χ1) is 6.00. The summed E-state index contributed by atoms with van der Waals surface area (Å²) in [5.74, 6) is 0.199. The van der Waals surface area contributed by atoms with Crippen LogP contribution in [0.4, 0.5) is 0 Å². The minimum Gasteiger partial charge on any atom is -0.388 e. The predicted molar refractivity (Wildman–Crippen MR) is 58.9 cm³/mol. The summed E-state index contributed by atoms with van der Waals surface area (Å²) in [6, 6.07) is 5.48. The molecule has 0 aliphatic heterocycles. The number of aliphatic hydroxyl groups is 1. The molecule has 0 saturated heterocycles. The number of halogens is 2. The molecule has 1 N–H and O–H groups in total. The highest BCUT2D eigenvalue weighted by Crippen LogP contribution is 2.27. The normalized spacial score (nSPS) is 13.4. The smallest absolute Gasteiger partial charge is 0.0813 e. The van der Waals surface area contributed by atoms with Crippen molar-refractivity contribution in [2.45, 2.75) is 20.0 Å². The Hall–Kier alpha value is -0.0500. The first kappa shape index (κ1) is 11.0. The first-order valence-corrected chi connectivity index (χ1v) is 5.32. The van der Waals surface area contributed by atoms with Gasteiger partial charge in [-0.2, -0.15) is 0 Å². The van der Waals surface area contributed by atoms with Crippen LogP contribution in [-0.2, 0) is 0 Å². The number of rotatable bonds is 2. The van der Waals surface area contributed by atoms with E-state index in [0.29, 0.717) is 5.02 Å². The third-order valence-electron chi connectivity index (χ3n) is 1.86. The molecule has 1 unspecified atom stereocenters. The summed E-state index contributed by atoms with van der Waals surface area (Å²) in [5.41, 5.74) is 0.856. The van der Waals surface area contributed by atoms with E-state index in [-0.39, 0.29) is 5.92 Å². The van der Waals surface area contributed by atoms with E-state index >= 15 is 0 Å². The van der Waals surface area contributed by atoms with Crippen LogP contribution in [0, 0.1) is 5.92 Å². The van der Waals surface area contributed by atoms with Gasteiger partial charge in [0.2, 0.25) is 0 Å².